The van der Waals surface area contributed by atoms with Crippen LogP contribution in [0.5, 0.6) is 5.75 Å². The molecular formula is C21H23N3O4. The fraction of sp³-hybridized carbons (Fsp3) is 0.286. The van der Waals surface area contributed by atoms with Crippen molar-refractivity contribution in [3.63, 3.8) is 0 Å². The van der Waals surface area contributed by atoms with Gasteiger partial charge in [0, 0.05) is 30.3 Å². The third-order valence-corrected chi connectivity index (χ3v) is 4.55. The molecule has 2 aromatic carbocycles. The molecule has 2 aromatic rings. The zero-order chi connectivity index (χ0) is 20.1. The highest BCUT2D eigenvalue weighted by molar-refractivity contribution is 6.00. The van der Waals surface area contributed by atoms with E-state index in [-0.39, 0.29) is 24.3 Å². The Labute approximate surface area is 163 Å². The summed E-state index contributed by atoms with van der Waals surface area (Å²) in [5.74, 6) is -0.0891. The molecular weight excluding hydrogens is 358 g/mol. The van der Waals surface area contributed by atoms with E-state index < -0.39 is 0 Å². The predicted molar refractivity (Wildman–Crippen MR) is 107 cm³/mol. The number of hydrogen-bond donors (Lipinski definition) is 2. The molecule has 28 heavy (non-hydrogen) atoms. The number of rotatable bonds is 6. The third kappa shape index (κ3) is 4.49. The maximum atomic E-state index is 12.2. The van der Waals surface area contributed by atoms with E-state index in [9.17, 15) is 14.4 Å². The van der Waals surface area contributed by atoms with Gasteiger partial charge < -0.3 is 20.3 Å². The van der Waals surface area contributed by atoms with E-state index in [0.717, 1.165) is 12.0 Å². The van der Waals surface area contributed by atoms with Gasteiger partial charge in [-0.3, -0.25) is 14.4 Å². The second kappa shape index (κ2) is 8.56. The van der Waals surface area contributed by atoms with E-state index in [2.05, 4.69) is 10.6 Å². The first kappa shape index (κ1) is 19.4. The van der Waals surface area contributed by atoms with Crippen molar-refractivity contribution in [2.75, 3.05) is 30.4 Å². The summed E-state index contributed by atoms with van der Waals surface area (Å²) in [5.41, 5.74) is 2.78. The van der Waals surface area contributed by atoms with Crippen molar-refractivity contribution in [3.05, 3.63) is 53.6 Å². The van der Waals surface area contributed by atoms with E-state index in [1.807, 2.05) is 19.1 Å². The summed E-state index contributed by atoms with van der Waals surface area (Å²) in [6, 6.07) is 12.2. The van der Waals surface area contributed by atoms with E-state index in [1.165, 1.54) is 7.11 Å². The van der Waals surface area contributed by atoms with E-state index in [0.29, 0.717) is 35.7 Å². The van der Waals surface area contributed by atoms with Crippen molar-refractivity contribution in [1.82, 2.24) is 5.32 Å². The molecule has 0 aliphatic carbocycles. The number of ether oxygens (including phenoxy) is 1. The van der Waals surface area contributed by atoms with Crippen molar-refractivity contribution in [3.8, 4) is 5.75 Å². The Kier molecular flexibility index (Phi) is 5.93. The van der Waals surface area contributed by atoms with Crippen LogP contribution in [0, 0.1) is 6.92 Å². The molecule has 1 aliphatic rings. The maximum absolute atomic E-state index is 12.2. The molecule has 1 heterocycles. The van der Waals surface area contributed by atoms with Crippen LogP contribution in [0.2, 0.25) is 0 Å². The molecule has 3 rings (SSSR count). The Morgan fingerprint density at radius 1 is 1.14 bits per heavy atom. The second-order valence-corrected chi connectivity index (χ2v) is 6.63. The minimum absolute atomic E-state index is 0.0638. The van der Waals surface area contributed by atoms with Gasteiger partial charge in [-0.15, -0.1) is 0 Å². The van der Waals surface area contributed by atoms with Crippen LogP contribution in [-0.4, -0.2) is 37.9 Å². The van der Waals surface area contributed by atoms with Gasteiger partial charge in [-0.05, 0) is 37.6 Å². The summed E-state index contributed by atoms with van der Waals surface area (Å²) in [6.07, 6.45) is 1.35. The molecule has 0 aromatic heterocycles. The first-order valence-electron chi connectivity index (χ1n) is 9.11. The molecule has 0 unspecified atom stereocenters. The highest BCUT2D eigenvalue weighted by Gasteiger charge is 2.24. The Balaban J connectivity index is 1.60. The number of hydrogen-bond acceptors (Lipinski definition) is 4. The van der Waals surface area contributed by atoms with Crippen LogP contribution in [0.3, 0.4) is 0 Å². The average Bonchev–Trinajstić information content (AvgIpc) is 3.12. The normalized spacial score (nSPS) is 13.4. The van der Waals surface area contributed by atoms with Gasteiger partial charge >= 0.3 is 0 Å². The minimum atomic E-state index is -0.354. The number of nitrogens with zero attached hydrogens (tertiary/aromatic N) is 1. The first-order valence-corrected chi connectivity index (χ1v) is 9.11. The lowest BCUT2D eigenvalue weighted by Crippen LogP contribution is -2.32. The zero-order valence-electron chi connectivity index (χ0n) is 16.0. The number of aryl methyl sites for hydroxylation is 1. The molecule has 1 fully saturated rings. The number of carbonyl (C=O) groups excluding carboxylic acids is 3. The van der Waals surface area contributed by atoms with Gasteiger partial charge in [-0.1, -0.05) is 17.7 Å². The summed E-state index contributed by atoms with van der Waals surface area (Å²) >= 11 is 0. The second-order valence-electron chi connectivity index (χ2n) is 6.63. The number of nitrogens with one attached hydrogen (secondary N) is 2. The lowest BCUT2D eigenvalue weighted by atomic mass is 10.1. The largest absolute Gasteiger partial charge is 0.494 e. The van der Waals surface area contributed by atoms with Crippen molar-refractivity contribution in [2.45, 2.75) is 19.8 Å². The third-order valence-electron chi connectivity index (χ3n) is 4.55. The molecule has 1 saturated heterocycles. The molecule has 0 spiro atoms. The van der Waals surface area contributed by atoms with Gasteiger partial charge in [0.1, 0.15) is 5.75 Å². The molecule has 7 nitrogen and oxygen atoms in total. The standard InChI is InChI=1S/C21H23N3O4/c1-14-5-7-15(8-6-14)21(27)22-13-19(25)23-16-9-10-17(18(12-16)28-2)24-11-3-4-20(24)26/h5-10,12H,3-4,11,13H2,1-2H3,(H,22,27)(H,23,25). The summed E-state index contributed by atoms with van der Waals surface area (Å²) < 4.78 is 5.38. The highest BCUT2D eigenvalue weighted by atomic mass is 16.5. The van der Waals surface area contributed by atoms with Crippen molar-refractivity contribution in [2.24, 2.45) is 0 Å². The summed E-state index contributed by atoms with van der Waals surface area (Å²) in [4.78, 5) is 37.9. The van der Waals surface area contributed by atoms with Gasteiger partial charge in [0.15, 0.2) is 0 Å². The van der Waals surface area contributed by atoms with Gasteiger partial charge in [-0.2, -0.15) is 0 Å². The number of anilines is 2. The van der Waals surface area contributed by atoms with Crippen LogP contribution in [0.25, 0.3) is 0 Å². The Morgan fingerprint density at radius 3 is 2.54 bits per heavy atom. The smallest absolute Gasteiger partial charge is 0.251 e. The fourth-order valence-electron chi connectivity index (χ4n) is 3.05. The number of carbonyl (C=O) groups is 3. The van der Waals surface area contributed by atoms with Gasteiger partial charge in [0.2, 0.25) is 11.8 Å². The molecule has 0 saturated carbocycles. The summed E-state index contributed by atoms with van der Waals surface area (Å²) in [5, 5.41) is 5.32. The molecule has 0 atom stereocenters. The molecule has 3 amide bonds. The molecule has 2 N–H and O–H groups in total. The lowest BCUT2D eigenvalue weighted by molar-refractivity contribution is -0.117. The van der Waals surface area contributed by atoms with Gasteiger partial charge in [0.25, 0.3) is 5.91 Å². The van der Waals surface area contributed by atoms with Crippen LogP contribution in [0.1, 0.15) is 28.8 Å². The number of amides is 3. The highest BCUT2D eigenvalue weighted by Crippen LogP contribution is 2.33. The van der Waals surface area contributed by atoms with Gasteiger partial charge in [0.05, 0.1) is 19.3 Å². The molecule has 1 aliphatic heterocycles. The van der Waals surface area contributed by atoms with Crippen LogP contribution >= 0.6 is 0 Å². The van der Waals surface area contributed by atoms with Crippen molar-refractivity contribution in [1.29, 1.82) is 0 Å². The quantitative estimate of drug-likeness (QED) is 0.805. The molecule has 0 bridgehead atoms. The minimum Gasteiger partial charge on any atom is -0.494 e. The topological polar surface area (TPSA) is 87.7 Å². The first-order chi connectivity index (χ1) is 13.5. The average molecular weight is 381 g/mol. The predicted octanol–water partition coefficient (Wildman–Crippen LogP) is 2.50. The van der Waals surface area contributed by atoms with Crippen molar-refractivity contribution < 1.29 is 19.1 Å². The summed E-state index contributed by atoms with van der Waals surface area (Å²) in [6.45, 7) is 2.45. The van der Waals surface area contributed by atoms with Crippen LogP contribution in [-0.2, 0) is 9.59 Å². The van der Waals surface area contributed by atoms with Crippen molar-refractivity contribution >= 4 is 29.1 Å². The van der Waals surface area contributed by atoms with Gasteiger partial charge in [-0.25, -0.2) is 0 Å². The molecule has 7 heteroatoms. The molecule has 0 radical (unpaired) electrons. The lowest BCUT2D eigenvalue weighted by Gasteiger charge is -2.19. The zero-order valence-corrected chi connectivity index (χ0v) is 16.0. The SMILES string of the molecule is COc1cc(NC(=O)CNC(=O)c2ccc(C)cc2)ccc1N1CCCC1=O. The van der Waals surface area contributed by atoms with Crippen LogP contribution in [0.15, 0.2) is 42.5 Å². The monoisotopic (exact) mass is 381 g/mol. The fourth-order valence-corrected chi connectivity index (χ4v) is 3.05. The number of methoxy groups -OCH3 is 1. The van der Waals surface area contributed by atoms with E-state index in [4.69, 9.17) is 4.74 Å². The molecule has 146 valence electrons. The maximum Gasteiger partial charge on any atom is 0.251 e. The number of benzene rings is 2. The Bertz CT molecular complexity index is 893. The Morgan fingerprint density at radius 2 is 1.89 bits per heavy atom. The van der Waals surface area contributed by atoms with E-state index in [1.54, 1.807) is 35.2 Å². The van der Waals surface area contributed by atoms with Crippen LogP contribution < -0.4 is 20.3 Å². The van der Waals surface area contributed by atoms with E-state index >= 15 is 0 Å². The summed E-state index contributed by atoms with van der Waals surface area (Å²) in [7, 11) is 1.52. The van der Waals surface area contributed by atoms with Crippen LogP contribution in [0.4, 0.5) is 11.4 Å². The Hall–Kier alpha value is -3.35.